The molecule has 0 unspecified atom stereocenters. The number of para-hydroxylation sites is 1. The predicted molar refractivity (Wildman–Crippen MR) is 109 cm³/mol. The molecule has 0 spiro atoms. The number of anilines is 1. The summed E-state index contributed by atoms with van der Waals surface area (Å²) in [4.78, 5) is 23.6. The molecule has 0 saturated heterocycles. The first kappa shape index (κ1) is 20.6. The van der Waals surface area contributed by atoms with Gasteiger partial charge in [0.1, 0.15) is 11.3 Å². The molecule has 0 bridgehead atoms. The van der Waals surface area contributed by atoms with Gasteiger partial charge in [0.15, 0.2) is 17.3 Å². The second kappa shape index (κ2) is 8.95. The Labute approximate surface area is 171 Å². The molecule has 156 valence electrons. The molecule has 3 rings (SSSR count). The third kappa shape index (κ3) is 4.17. The molecule has 2 N–H and O–H groups in total. The summed E-state index contributed by atoms with van der Waals surface area (Å²) in [6.45, 7) is 2.06. The van der Waals surface area contributed by atoms with Gasteiger partial charge in [0.25, 0.3) is 11.6 Å². The maximum absolute atomic E-state index is 12.8. The minimum atomic E-state index is -0.705. The van der Waals surface area contributed by atoms with Crippen LogP contribution in [0.3, 0.4) is 0 Å². The van der Waals surface area contributed by atoms with Gasteiger partial charge in [-0.1, -0.05) is 12.1 Å². The lowest BCUT2D eigenvalue weighted by Gasteiger charge is -2.11. The SMILES string of the molecule is CCOc1cc(C(=O)Nc2cc(-c3ccccc3OC)[nH]n2)c([N+](=O)[O-])cc1OC. The maximum Gasteiger partial charge on any atom is 0.286 e. The van der Waals surface area contributed by atoms with Crippen LogP contribution in [0.25, 0.3) is 11.3 Å². The van der Waals surface area contributed by atoms with E-state index in [1.54, 1.807) is 26.2 Å². The lowest BCUT2D eigenvalue weighted by molar-refractivity contribution is -0.385. The van der Waals surface area contributed by atoms with Crippen molar-refractivity contribution in [1.29, 1.82) is 0 Å². The van der Waals surface area contributed by atoms with Crippen LogP contribution in [0.4, 0.5) is 11.5 Å². The Morgan fingerprint density at radius 2 is 1.87 bits per heavy atom. The number of H-pyrrole nitrogens is 1. The quantitative estimate of drug-likeness (QED) is 0.427. The van der Waals surface area contributed by atoms with Crippen LogP contribution < -0.4 is 19.5 Å². The fourth-order valence-electron chi connectivity index (χ4n) is 2.88. The molecule has 0 aliphatic carbocycles. The molecule has 1 aromatic heterocycles. The van der Waals surface area contributed by atoms with E-state index in [4.69, 9.17) is 14.2 Å². The molecule has 10 nitrogen and oxygen atoms in total. The highest BCUT2D eigenvalue weighted by molar-refractivity contribution is 6.07. The highest BCUT2D eigenvalue weighted by Gasteiger charge is 2.25. The number of nitro groups is 1. The third-order valence-electron chi connectivity index (χ3n) is 4.24. The van der Waals surface area contributed by atoms with Crippen molar-refractivity contribution < 1.29 is 23.9 Å². The molecule has 30 heavy (non-hydrogen) atoms. The average Bonchev–Trinajstić information content (AvgIpc) is 3.21. The number of benzene rings is 2. The summed E-state index contributed by atoms with van der Waals surface area (Å²) >= 11 is 0. The number of nitrogens with zero attached hydrogens (tertiary/aromatic N) is 2. The van der Waals surface area contributed by atoms with Gasteiger partial charge in [-0.15, -0.1) is 0 Å². The maximum atomic E-state index is 12.8. The Kier molecular flexibility index (Phi) is 6.16. The summed E-state index contributed by atoms with van der Waals surface area (Å²) in [5.74, 6) is 0.518. The number of carbonyl (C=O) groups is 1. The van der Waals surface area contributed by atoms with Crippen molar-refractivity contribution in [2.45, 2.75) is 6.92 Å². The molecule has 10 heteroatoms. The zero-order valence-electron chi connectivity index (χ0n) is 16.6. The van der Waals surface area contributed by atoms with Crippen LogP contribution in [-0.4, -0.2) is 41.9 Å². The van der Waals surface area contributed by atoms with Crippen LogP contribution in [0, 0.1) is 10.1 Å². The van der Waals surface area contributed by atoms with E-state index in [0.717, 1.165) is 11.6 Å². The Morgan fingerprint density at radius 1 is 1.13 bits per heavy atom. The van der Waals surface area contributed by atoms with E-state index >= 15 is 0 Å². The van der Waals surface area contributed by atoms with Crippen molar-refractivity contribution in [2.75, 3.05) is 26.1 Å². The molecule has 0 radical (unpaired) electrons. The van der Waals surface area contributed by atoms with Crippen LogP contribution in [-0.2, 0) is 0 Å². The van der Waals surface area contributed by atoms with Gasteiger partial charge >= 0.3 is 0 Å². The highest BCUT2D eigenvalue weighted by Crippen LogP contribution is 2.35. The van der Waals surface area contributed by atoms with Crippen molar-refractivity contribution in [3.63, 3.8) is 0 Å². The standard InChI is InChI=1S/C20H20N4O6/c1-4-30-18-9-13(15(24(26)27)11-17(18)29-3)20(25)21-19-10-14(22-23-19)12-7-5-6-8-16(12)28-2/h5-11H,4H2,1-3H3,(H2,21,22,23,25). The van der Waals surface area contributed by atoms with Gasteiger partial charge in [-0.25, -0.2) is 0 Å². The Hall–Kier alpha value is -4.08. The number of rotatable bonds is 8. The molecule has 2 aromatic carbocycles. The second-order valence-electron chi connectivity index (χ2n) is 6.03. The number of nitrogens with one attached hydrogen (secondary N) is 2. The number of methoxy groups -OCH3 is 2. The van der Waals surface area contributed by atoms with Crippen molar-refractivity contribution in [3.8, 4) is 28.5 Å². The van der Waals surface area contributed by atoms with E-state index in [0.29, 0.717) is 18.1 Å². The van der Waals surface area contributed by atoms with Gasteiger partial charge in [-0.05, 0) is 19.1 Å². The van der Waals surface area contributed by atoms with Crippen LogP contribution in [0.2, 0.25) is 0 Å². The normalized spacial score (nSPS) is 10.4. The number of hydrogen-bond acceptors (Lipinski definition) is 7. The summed E-state index contributed by atoms with van der Waals surface area (Å²) in [5.41, 5.74) is 0.781. The van der Waals surface area contributed by atoms with Crippen molar-refractivity contribution >= 4 is 17.4 Å². The number of aromatic amines is 1. The number of nitro benzene ring substituents is 1. The van der Waals surface area contributed by atoms with Gasteiger partial charge in [-0.3, -0.25) is 20.0 Å². The van der Waals surface area contributed by atoms with E-state index in [1.807, 2.05) is 18.2 Å². The molecule has 0 aliphatic rings. The number of amides is 1. The first-order valence-electron chi connectivity index (χ1n) is 8.97. The van der Waals surface area contributed by atoms with Gasteiger partial charge in [0.05, 0.1) is 37.5 Å². The van der Waals surface area contributed by atoms with Crippen LogP contribution in [0.5, 0.6) is 17.2 Å². The smallest absolute Gasteiger partial charge is 0.286 e. The number of aromatic nitrogens is 2. The zero-order valence-corrected chi connectivity index (χ0v) is 16.6. The van der Waals surface area contributed by atoms with Crippen LogP contribution in [0.1, 0.15) is 17.3 Å². The Balaban J connectivity index is 1.92. The molecular weight excluding hydrogens is 392 g/mol. The number of carbonyl (C=O) groups excluding carboxylic acids is 1. The molecule has 0 saturated carbocycles. The Bertz CT molecular complexity index is 1080. The summed E-state index contributed by atoms with van der Waals surface area (Å²) in [6, 6.07) is 11.3. The van der Waals surface area contributed by atoms with Gasteiger partial charge in [-0.2, -0.15) is 5.10 Å². The Morgan fingerprint density at radius 3 is 2.53 bits per heavy atom. The summed E-state index contributed by atoms with van der Waals surface area (Å²) < 4.78 is 15.9. The van der Waals surface area contributed by atoms with Crippen molar-refractivity contribution in [1.82, 2.24) is 10.2 Å². The minimum Gasteiger partial charge on any atom is -0.496 e. The first-order chi connectivity index (χ1) is 14.5. The third-order valence-corrected chi connectivity index (χ3v) is 4.24. The summed E-state index contributed by atoms with van der Waals surface area (Å²) in [5, 5.41) is 20.9. The van der Waals surface area contributed by atoms with E-state index in [9.17, 15) is 14.9 Å². The molecule has 0 atom stereocenters. The first-order valence-corrected chi connectivity index (χ1v) is 8.97. The van der Waals surface area contributed by atoms with Crippen molar-refractivity contribution in [3.05, 3.63) is 58.1 Å². The molecule has 3 aromatic rings. The number of hydrogen-bond donors (Lipinski definition) is 2. The molecular formula is C20H20N4O6. The van der Waals surface area contributed by atoms with Gasteiger partial charge < -0.3 is 19.5 Å². The van der Waals surface area contributed by atoms with E-state index < -0.39 is 16.5 Å². The topological polar surface area (TPSA) is 129 Å². The van der Waals surface area contributed by atoms with Crippen LogP contribution in [0.15, 0.2) is 42.5 Å². The monoisotopic (exact) mass is 412 g/mol. The predicted octanol–water partition coefficient (Wildman–Crippen LogP) is 3.65. The van der Waals surface area contributed by atoms with Crippen LogP contribution >= 0.6 is 0 Å². The minimum absolute atomic E-state index is 0.165. The lowest BCUT2D eigenvalue weighted by atomic mass is 10.1. The summed E-state index contributed by atoms with van der Waals surface area (Å²) in [6.07, 6.45) is 0. The summed E-state index contributed by atoms with van der Waals surface area (Å²) in [7, 11) is 2.92. The highest BCUT2D eigenvalue weighted by atomic mass is 16.6. The largest absolute Gasteiger partial charge is 0.496 e. The van der Waals surface area contributed by atoms with E-state index in [-0.39, 0.29) is 22.9 Å². The fraction of sp³-hybridized carbons (Fsp3) is 0.200. The molecule has 0 aliphatic heterocycles. The molecule has 0 fully saturated rings. The number of ether oxygens (including phenoxy) is 3. The lowest BCUT2D eigenvalue weighted by Crippen LogP contribution is -2.15. The average molecular weight is 412 g/mol. The fourth-order valence-corrected chi connectivity index (χ4v) is 2.88. The van der Waals surface area contributed by atoms with E-state index in [2.05, 4.69) is 15.5 Å². The molecule has 1 amide bonds. The second-order valence-corrected chi connectivity index (χ2v) is 6.03. The van der Waals surface area contributed by atoms with Crippen molar-refractivity contribution in [2.24, 2.45) is 0 Å². The molecule has 1 heterocycles. The van der Waals surface area contributed by atoms with E-state index in [1.165, 1.54) is 13.2 Å². The van der Waals surface area contributed by atoms with Gasteiger partial charge in [0.2, 0.25) is 0 Å². The van der Waals surface area contributed by atoms with Gasteiger partial charge in [0, 0.05) is 17.7 Å². The zero-order chi connectivity index (χ0) is 21.7.